The van der Waals surface area contributed by atoms with E-state index in [0.29, 0.717) is 5.75 Å². The highest BCUT2D eigenvalue weighted by Gasteiger charge is 2.38. The molecule has 0 radical (unpaired) electrons. The Hall–Kier alpha value is -2.86. The molecule has 35 heavy (non-hydrogen) atoms. The molecular formula is C29H38N2O4. The van der Waals surface area contributed by atoms with Gasteiger partial charge in [0, 0.05) is 6.54 Å². The molecule has 1 fully saturated rings. The first-order valence-electron chi connectivity index (χ1n) is 12.7. The number of ether oxygens (including phenoxy) is 2. The zero-order valence-corrected chi connectivity index (χ0v) is 21.6. The van der Waals surface area contributed by atoms with E-state index in [4.69, 9.17) is 18.9 Å². The lowest BCUT2D eigenvalue weighted by atomic mass is 9.81. The van der Waals surface area contributed by atoms with Crippen molar-refractivity contribution in [3.8, 4) is 5.75 Å². The number of carbonyl (C=O) groups is 1. The molecule has 1 heterocycles. The minimum Gasteiger partial charge on any atom is -0.476 e. The number of benzene rings is 2. The van der Waals surface area contributed by atoms with Crippen LogP contribution in [0.4, 0.5) is 0 Å². The van der Waals surface area contributed by atoms with Gasteiger partial charge in [-0.1, -0.05) is 43.5 Å². The molecule has 0 unspecified atom stereocenters. The van der Waals surface area contributed by atoms with Gasteiger partial charge < -0.3 is 19.2 Å². The fourth-order valence-corrected chi connectivity index (χ4v) is 4.65. The molecule has 1 aliphatic rings. The largest absolute Gasteiger partial charge is 0.476 e. The molecule has 0 saturated heterocycles. The number of oxazole rings is 1. The summed E-state index contributed by atoms with van der Waals surface area (Å²) in [5, 5.41) is 3.80. The topological polar surface area (TPSA) is 73.6 Å². The van der Waals surface area contributed by atoms with Crippen molar-refractivity contribution in [1.82, 2.24) is 10.3 Å². The van der Waals surface area contributed by atoms with Crippen molar-refractivity contribution in [2.75, 3.05) is 6.54 Å². The van der Waals surface area contributed by atoms with Crippen LogP contribution in [0.25, 0.3) is 11.1 Å². The number of carbonyl (C=O) groups excluding carboxylic acids is 1. The first-order chi connectivity index (χ1) is 16.6. The fraction of sp³-hybridized carbons (Fsp3) is 0.517. The second-order valence-corrected chi connectivity index (χ2v) is 11.1. The third-order valence-electron chi connectivity index (χ3n) is 6.45. The van der Waals surface area contributed by atoms with Crippen LogP contribution in [0.3, 0.4) is 0 Å². The average Bonchev–Trinajstić information content (AvgIpc) is 3.24. The number of nitrogens with zero attached hydrogens (tertiary/aromatic N) is 1. The number of nitrogens with one attached hydrogen (secondary N) is 1. The molecular weight excluding hydrogens is 440 g/mol. The quantitative estimate of drug-likeness (QED) is 0.382. The number of esters is 1. The molecule has 1 aromatic heterocycles. The number of para-hydroxylation sites is 2. The maximum absolute atomic E-state index is 12.6. The number of hydrogen-bond donors (Lipinski definition) is 1. The predicted octanol–water partition coefficient (Wildman–Crippen LogP) is 6.32. The molecule has 0 spiro atoms. The van der Waals surface area contributed by atoms with Crippen molar-refractivity contribution in [1.29, 1.82) is 0 Å². The van der Waals surface area contributed by atoms with Gasteiger partial charge in [-0.05, 0) is 83.7 Å². The number of aromatic nitrogens is 1. The fourth-order valence-electron chi connectivity index (χ4n) is 4.65. The van der Waals surface area contributed by atoms with Gasteiger partial charge in [-0.3, -0.25) is 0 Å². The van der Waals surface area contributed by atoms with Gasteiger partial charge in [-0.25, -0.2) is 9.78 Å². The molecule has 6 heteroatoms. The molecule has 2 aromatic carbocycles. The van der Waals surface area contributed by atoms with Gasteiger partial charge in [0.1, 0.15) is 16.9 Å². The van der Waals surface area contributed by atoms with Crippen LogP contribution in [0.1, 0.15) is 78.2 Å². The highest BCUT2D eigenvalue weighted by atomic mass is 16.6. The summed E-state index contributed by atoms with van der Waals surface area (Å²) >= 11 is 0. The van der Waals surface area contributed by atoms with Crippen LogP contribution in [-0.4, -0.2) is 28.7 Å². The molecule has 1 saturated carbocycles. The maximum Gasteiger partial charge on any atom is 0.350 e. The summed E-state index contributed by atoms with van der Waals surface area (Å²) in [6, 6.07) is 15.9. The summed E-state index contributed by atoms with van der Waals surface area (Å²) in [4.78, 5) is 17.4. The summed E-state index contributed by atoms with van der Waals surface area (Å²) in [5.41, 5.74) is 1.01. The van der Waals surface area contributed by atoms with E-state index >= 15 is 0 Å². The lowest BCUT2D eigenvalue weighted by molar-refractivity contribution is -0.170. The zero-order valence-electron chi connectivity index (χ0n) is 21.6. The van der Waals surface area contributed by atoms with Crippen LogP contribution < -0.4 is 10.1 Å². The molecule has 4 rings (SSSR count). The Kier molecular flexibility index (Phi) is 7.22. The molecule has 1 N–H and O–H groups in total. The minimum absolute atomic E-state index is 0.232. The molecule has 0 bridgehead atoms. The smallest absolute Gasteiger partial charge is 0.350 e. The summed E-state index contributed by atoms with van der Waals surface area (Å²) in [6.07, 6.45) is 6.44. The number of hydrogen-bond acceptors (Lipinski definition) is 6. The van der Waals surface area contributed by atoms with E-state index in [-0.39, 0.29) is 11.5 Å². The second-order valence-electron chi connectivity index (χ2n) is 11.1. The van der Waals surface area contributed by atoms with Crippen molar-refractivity contribution >= 4 is 17.1 Å². The molecule has 6 nitrogen and oxygen atoms in total. The van der Waals surface area contributed by atoms with Crippen LogP contribution in [-0.2, 0) is 21.5 Å². The van der Waals surface area contributed by atoms with Crippen molar-refractivity contribution < 1.29 is 18.7 Å². The maximum atomic E-state index is 12.6. The van der Waals surface area contributed by atoms with E-state index in [0.717, 1.165) is 61.2 Å². The van der Waals surface area contributed by atoms with Gasteiger partial charge in [0.15, 0.2) is 11.2 Å². The van der Waals surface area contributed by atoms with Crippen LogP contribution in [0.5, 0.6) is 5.75 Å². The summed E-state index contributed by atoms with van der Waals surface area (Å²) < 4.78 is 17.8. The monoisotopic (exact) mass is 478 g/mol. The summed E-state index contributed by atoms with van der Waals surface area (Å²) in [5.74, 6) is 1.08. The van der Waals surface area contributed by atoms with Gasteiger partial charge in [0.25, 0.3) is 0 Å². The average molecular weight is 479 g/mol. The van der Waals surface area contributed by atoms with E-state index in [1.807, 2.05) is 63.2 Å². The highest BCUT2D eigenvalue weighted by Crippen LogP contribution is 2.38. The Bertz CT molecular complexity index is 1120. The van der Waals surface area contributed by atoms with E-state index in [1.165, 1.54) is 6.42 Å². The Balaban J connectivity index is 1.42. The first kappa shape index (κ1) is 25.2. The Labute approximate surface area is 208 Å². The highest BCUT2D eigenvalue weighted by molar-refractivity contribution is 5.79. The van der Waals surface area contributed by atoms with Crippen molar-refractivity contribution in [2.45, 2.75) is 89.9 Å². The lowest BCUT2D eigenvalue weighted by Gasteiger charge is -2.35. The zero-order chi connectivity index (χ0) is 25.1. The van der Waals surface area contributed by atoms with Crippen molar-refractivity contribution in [3.63, 3.8) is 0 Å². The second kappa shape index (κ2) is 10.0. The van der Waals surface area contributed by atoms with Crippen molar-refractivity contribution in [2.24, 2.45) is 0 Å². The van der Waals surface area contributed by atoms with E-state index in [9.17, 15) is 4.79 Å². The number of rotatable bonds is 8. The van der Waals surface area contributed by atoms with Crippen LogP contribution in [0.2, 0.25) is 0 Å². The summed E-state index contributed by atoms with van der Waals surface area (Å²) in [7, 11) is 0. The first-order valence-corrected chi connectivity index (χ1v) is 12.7. The standard InChI is InChI=1S/C29H38N2O4/c1-27(2,3)35-26(32)28(4,5)34-22-13-11-12-21(20-22)16-19-30-29(17-9-6-10-18-29)25-31-23-14-7-8-15-24(23)33-25/h7-8,11-15,20,30H,6,9-10,16-19H2,1-5H3. The van der Waals surface area contributed by atoms with Gasteiger partial charge in [0.05, 0.1) is 5.54 Å². The van der Waals surface area contributed by atoms with Crippen LogP contribution in [0, 0.1) is 0 Å². The van der Waals surface area contributed by atoms with Gasteiger partial charge >= 0.3 is 5.97 Å². The van der Waals surface area contributed by atoms with Crippen molar-refractivity contribution in [3.05, 3.63) is 60.0 Å². The predicted molar refractivity (Wildman–Crippen MR) is 137 cm³/mol. The Morgan fingerprint density at radius 3 is 2.49 bits per heavy atom. The lowest BCUT2D eigenvalue weighted by Crippen LogP contribution is -2.45. The normalized spacial score (nSPS) is 16.3. The third-order valence-corrected chi connectivity index (χ3v) is 6.45. The number of fused-ring (bicyclic) bond motifs is 1. The van der Waals surface area contributed by atoms with E-state index in [1.54, 1.807) is 13.8 Å². The third kappa shape index (κ3) is 6.23. The van der Waals surface area contributed by atoms with E-state index < -0.39 is 11.2 Å². The van der Waals surface area contributed by atoms with E-state index in [2.05, 4.69) is 11.4 Å². The van der Waals surface area contributed by atoms with Gasteiger partial charge in [0.2, 0.25) is 5.89 Å². The van der Waals surface area contributed by atoms with Crippen LogP contribution >= 0.6 is 0 Å². The van der Waals surface area contributed by atoms with Gasteiger partial charge in [-0.15, -0.1) is 0 Å². The van der Waals surface area contributed by atoms with Gasteiger partial charge in [-0.2, -0.15) is 0 Å². The minimum atomic E-state index is -1.08. The molecule has 188 valence electrons. The molecule has 0 aliphatic heterocycles. The Morgan fingerprint density at radius 1 is 1.03 bits per heavy atom. The molecule has 0 amide bonds. The molecule has 1 aliphatic carbocycles. The SMILES string of the molecule is CC(C)(C)OC(=O)C(C)(C)Oc1cccc(CCNC2(c3nc4ccccc4o3)CCCCC2)c1. The molecule has 0 atom stereocenters. The van der Waals surface area contributed by atoms with Crippen LogP contribution in [0.15, 0.2) is 52.9 Å². The Morgan fingerprint density at radius 2 is 1.77 bits per heavy atom. The molecule has 3 aromatic rings. The summed E-state index contributed by atoms with van der Waals surface area (Å²) in [6.45, 7) is 9.83.